The van der Waals surface area contributed by atoms with Gasteiger partial charge in [0.15, 0.2) is 0 Å². The van der Waals surface area contributed by atoms with Gasteiger partial charge in [-0.05, 0) is 19.3 Å². The van der Waals surface area contributed by atoms with Gasteiger partial charge in [0.1, 0.15) is 11.6 Å². The molecule has 0 amide bonds. The average Bonchev–Trinajstić information content (AvgIpc) is 2.85. The van der Waals surface area contributed by atoms with Gasteiger partial charge in [0.25, 0.3) is 0 Å². The van der Waals surface area contributed by atoms with E-state index in [1.165, 1.54) is 43.7 Å². The van der Waals surface area contributed by atoms with Gasteiger partial charge < -0.3 is 9.88 Å². The van der Waals surface area contributed by atoms with E-state index in [-0.39, 0.29) is 0 Å². The summed E-state index contributed by atoms with van der Waals surface area (Å²) in [4.78, 5) is 4.58. The Morgan fingerprint density at radius 1 is 1.29 bits per heavy atom. The molecule has 2 heterocycles. The van der Waals surface area contributed by atoms with Gasteiger partial charge in [0.2, 0.25) is 0 Å². The molecule has 2 aliphatic rings. The second-order valence-corrected chi connectivity index (χ2v) is 4.41. The summed E-state index contributed by atoms with van der Waals surface area (Å²) in [5.41, 5.74) is 0. The third-order valence-corrected chi connectivity index (χ3v) is 3.47. The van der Waals surface area contributed by atoms with Gasteiger partial charge in [0.05, 0.1) is 6.20 Å². The molecule has 1 aromatic rings. The van der Waals surface area contributed by atoms with Crippen molar-refractivity contribution in [2.45, 2.75) is 44.6 Å². The molecule has 0 unspecified atom stereocenters. The number of nitrogens with one attached hydrogen (secondary N) is 1. The minimum Gasteiger partial charge on any atom is -0.370 e. The average molecular weight is 191 g/mol. The molecule has 1 saturated carbocycles. The molecule has 0 aromatic carbocycles. The van der Waals surface area contributed by atoms with Crippen molar-refractivity contribution in [3.8, 4) is 0 Å². The van der Waals surface area contributed by atoms with E-state index in [2.05, 4.69) is 14.9 Å². The maximum absolute atomic E-state index is 4.58. The standard InChI is InChI=1S/C11H17N3/c1-2-5-9(4-1)11-13-8-10-12-6-3-7-14(10)11/h8-9,12H,1-7H2. The second kappa shape index (κ2) is 3.30. The molecule has 0 atom stereocenters. The molecule has 3 nitrogen and oxygen atoms in total. The number of imidazole rings is 1. The van der Waals surface area contributed by atoms with E-state index >= 15 is 0 Å². The molecule has 0 bridgehead atoms. The Morgan fingerprint density at radius 3 is 3.00 bits per heavy atom. The van der Waals surface area contributed by atoms with Crippen LogP contribution in [0.5, 0.6) is 0 Å². The van der Waals surface area contributed by atoms with Crippen LogP contribution in [0.15, 0.2) is 6.20 Å². The highest BCUT2D eigenvalue weighted by Crippen LogP contribution is 2.35. The Labute approximate surface area is 84.5 Å². The van der Waals surface area contributed by atoms with Gasteiger partial charge in [-0.15, -0.1) is 0 Å². The van der Waals surface area contributed by atoms with Crippen LogP contribution < -0.4 is 5.32 Å². The van der Waals surface area contributed by atoms with Crippen LogP contribution in [-0.4, -0.2) is 16.1 Å². The van der Waals surface area contributed by atoms with E-state index in [0.29, 0.717) is 0 Å². The SMILES string of the molecule is c1nc(C2CCCC2)n2c1NCCC2. The first-order valence-corrected chi connectivity index (χ1v) is 5.74. The Balaban J connectivity index is 1.93. The smallest absolute Gasteiger partial charge is 0.126 e. The normalized spacial score (nSPS) is 22.0. The molecule has 76 valence electrons. The highest BCUT2D eigenvalue weighted by Gasteiger charge is 2.23. The van der Waals surface area contributed by atoms with Crippen LogP contribution in [-0.2, 0) is 6.54 Å². The number of hydrogen-bond acceptors (Lipinski definition) is 2. The molecule has 3 rings (SSSR count). The number of anilines is 1. The van der Waals surface area contributed by atoms with E-state index in [1.54, 1.807) is 0 Å². The summed E-state index contributed by atoms with van der Waals surface area (Å²) in [5, 5.41) is 3.41. The van der Waals surface area contributed by atoms with Crippen LogP contribution in [0.2, 0.25) is 0 Å². The van der Waals surface area contributed by atoms with Crippen molar-refractivity contribution in [2.24, 2.45) is 0 Å². The van der Waals surface area contributed by atoms with Crippen LogP contribution in [0.25, 0.3) is 0 Å². The van der Waals surface area contributed by atoms with Crippen LogP contribution in [0.4, 0.5) is 5.82 Å². The number of hydrogen-bond donors (Lipinski definition) is 1. The van der Waals surface area contributed by atoms with Crippen molar-refractivity contribution < 1.29 is 0 Å². The van der Waals surface area contributed by atoms with Gasteiger partial charge in [-0.3, -0.25) is 0 Å². The maximum atomic E-state index is 4.58. The third kappa shape index (κ3) is 1.22. The van der Waals surface area contributed by atoms with Gasteiger partial charge in [-0.1, -0.05) is 12.8 Å². The Hall–Kier alpha value is -0.990. The van der Waals surface area contributed by atoms with Crippen molar-refractivity contribution in [1.82, 2.24) is 9.55 Å². The number of nitrogens with zero attached hydrogens (tertiary/aromatic N) is 2. The van der Waals surface area contributed by atoms with Crippen LogP contribution in [0, 0.1) is 0 Å². The topological polar surface area (TPSA) is 29.9 Å². The fourth-order valence-corrected chi connectivity index (χ4v) is 2.73. The minimum absolute atomic E-state index is 0.739. The predicted molar refractivity (Wildman–Crippen MR) is 56.5 cm³/mol. The van der Waals surface area contributed by atoms with Crippen LogP contribution in [0.3, 0.4) is 0 Å². The van der Waals surface area contributed by atoms with E-state index in [4.69, 9.17) is 0 Å². The van der Waals surface area contributed by atoms with Crippen LogP contribution in [0.1, 0.15) is 43.8 Å². The Kier molecular flexibility index (Phi) is 1.96. The zero-order valence-electron chi connectivity index (χ0n) is 8.50. The lowest BCUT2D eigenvalue weighted by atomic mass is 10.1. The van der Waals surface area contributed by atoms with Gasteiger partial charge in [-0.2, -0.15) is 0 Å². The fourth-order valence-electron chi connectivity index (χ4n) is 2.73. The zero-order chi connectivity index (χ0) is 9.38. The lowest BCUT2D eigenvalue weighted by Gasteiger charge is -2.20. The molecule has 3 heteroatoms. The molecule has 1 fully saturated rings. The lowest BCUT2D eigenvalue weighted by molar-refractivity contribution is 0.554. The zero-order valence-corrected chi connectivity index (χ0v) is 8.50. The molecule has 14 heavy (non-hydrogen) atoms. The van der Waals surface area contributed by atoms with Crippen molar-refractivity contribution in [3.05, 3.63) is 12.0 Å². The van der Waals surface area contributed by atoms with Crippen molar-refractivity contribution in [2.75, 3.05) is 11.9 Å². The molecule has 1 aliphatic heterocycles. The first kappa shape index (κ1) is 8.33. The fraction of sp³-hybridized carbons (Fsp3) is 0.727. The molecule has 1 aromatic heterocycles. The lowest BCUT2D eigenvalue weighted by Crippen LogP contribution is -2.19. The van der Waals surface area contributed by atoms with Gasteiger partial charge >= 0.3 is 0 Å². The third-order valence-electron chi connectivity index (χ3n) is 3.47. The quantitative estimate of drug-likeness (QED) is 0.738. The maximum Gasteiger partial charge on any atom is 0.126 e. The predicted octanol–water partition coefficient (Wildman–Crippen LogP) is 2.36. The number of aromatic nitrogens is 2. The second-order valence-electron chi connectivity index (χ2n) is 4.41. The van der Waals surface area contributed by atoms with Crippen LogP contribution >= 0.6 is 0 Å². The van der Waals surface area contributed by atoms with Crippen molar-refractivity contribution in [3.63, 3.8) is 0 Å². The summed E-state index contributed by atoms with van der Waals surface area (Å²) in [6, 6.07) is 0. The van der Waals surface area contributed by atoms with Gasteiger partial charge in [-0.25, -0.2) is 4.98 Å². The monoisotopic (exact) mass is 191 g/mol. The molecular formula is C11H17N3. The number of fused-ring (bicyclic) bond motifs is 1. The summed E-state index contributed by atoms with van der Waals surface area (Å²) < 4.78 is 2.39. The molecule has 0 saturated heterocycles. The molecular weight excluding hydrogens is 174 g/mol. The van der Waals surface area contributed by atoms with Crippen molar-refractivity contribution >= 4 is 5.82 Å². The molecule has 1 aliphatic carbocycles. The highest BCUT2D eigenvalue weighted by atomic mass is 15.2. The number of rotatable bonds is 1. The van der Waals surface area contributed by atoms with E-state index < -0.39 is 0 Å². The summed E-state index contributed by atoms with van der Waals surface area (Å²) in [6.07, 6.45) is 8.71. The first-order chi connectivity index (χ1) is 6.95. The summed E-state index contributed by atoms with van der Waals surface area (Å²) in [7, 11) is 0. The Morgan fingerprint density at radius 2 is 2.14 bits per heavy atom. The first-order valence-electron chi connectivity index (χ1n) is 5.74. The molecule has 0 spiro atoms. The van der Waals surface area contributed by atoms with Gasteiger partial charge in [0, 0.05) is 19.0 Å². The summed E-state index contributed by atoms with van der Waals surface area (Å²) in [5.74, 6) is 3.31. The van der Waals surface area contributed by atoms with E-state index in [1.807, 2.05) is 6.20 Å². The summed E-state index contributed by atoms with van der Waals surface area (Å²) >= 11 is 0. The Bertz CT molecular complexity index is 323. The van der Waals surface area contributed by atoms with E-state index in [9.17, 15) is 0 Å². The highest BCUT2D eigenvalue weighted by molar-refractivity contribution is 5.37. The molecule has 0 radical (unpaired) electrons. The minimum atomic E-state index is 0.739. The van der Waals surface area contributed by atoms with Crippen molar-refractivity contribution in [1.29, 1.82) is 0 Å². The summed E-state index contributed by atoms with van der Waals surface area (Å²) in [6.45, 7) is 2.27. The van der Waals surface area contributed by atoms with E-state index in [0.717, 1.165) is 19.0 Å². The molecule has 1 N–H and O–H groups in total. The largest absolute Gasteiger partial charge is 0.370 e.